The van der Waals surface area contributed by atoms with Gasteiger partial charge in [-0.05, 0) is 36.0 Å². The Balaban J connectivity index is 2.64. The van der Waals surface area contributed by atoms with Crippen molar-refractivity contribution in [3.8, 4) is 0 Å². The second-order valence-electron chi connectivity index (χ2n) is 4.44. The fourth-order valence-electron chi connectivity index (χ4n) is 1.55. The fraction of sp³-hybridized carbons (Fsp3) is 0.500. The molecule has 0 unspecified atom stereocenters. The highest BCUT2D eigenvalue weighted by Crippen LogP contribution is 2.25. The van der Waals surface area contributed by atoms with Gasteiger partial charge in [-0.2, -0.15) is 0 Å². The Morgan fingerprint density at radius 2 is 1.79 bits per heavy atom. The average molecular weight is 196 g/mol. The molecule has 0 aliphatic heterocycles. The van der Waals surface area contributed by atoms with Gasteiger partial charge in [-0.3, -0.25) is 0 Å². The lowest BCUT2D eigenvalue weighted by molar-refractivity contribution is 0.211. The maximum absolute atomic E-state index is 12.6. The Labute approximate surface area is 84.6 Å². The molecule has 0 radical (unpaired) electrons. The van der Waals surface area contributed by atoms with Crippen LogP contribution in [0.1, 0.15) is 25.8 Å². The molecule has 0 aliphatic carbocycles. The monoisotopic (exact) mass is 196 g/mol. The summed E-state index contributed by atoms with van der Waals surface area (Å²) < 4.78 is 12.6. The van der Waals surface area contributed by atoms with Crippen molar-refractivity contribution in [3.63, 3.8) is 0 Å². The van der Waals surface area contributed by atoms with Crippen molar-refractivity contribution in [1.29, 1.82) is 0 Å². The minimum absolute atomic E-state index is 0.0760. The zero-order valence-corrected chi connectivity index (χ0v) is 8.76. The number of aliphatic hydroxyl groups excluding tert-OH is 1. The molecule has 0 spiro atoms. The molecule has 0 aromatic heterocycles. The molecular formula is C12H17FO. The van der Waals surface area contributed by atoms with Crippen molar-refractivity contribution >= 4 is 0 Å². The Bertz CT molecular complexity index is 277. The van der Waals surface area contributed by atoms with E-state index < -0.39 is 0 Å². The zero-order valence-electron chi connectivity index (χ0n) is 8.76. The summed E-state index contributed by atoms with van der Waals surface area (Å²) >= 11 is 0. The van der Waals surface area contributed by atoms with E-state index in [0.29, 0.717) is 0 Å². The molecule has 1 aromatic rings. The SMILES string of the molecule is CC(C)(CCO)Cc1ccc(F)cc1. The number of hydrogen-bond donors (Lipinski definition) is 1. The van der Waals surface area contributed by atoms with Crippen LogP contribution in [0.25, 0.3) is 0 Å². The van der Waals surface area contributed by atoms with Gasteiger partial charge in [0.1, 0.15) is 5.82 Å². The summed E-state index contributed by atoms with van der Waals surface area (Å²) in [5, 5.41) is 8.86. The lowest BCUT2D eigenvalue weighted by atomic mass is 9.83. The van der Waals surface area contributed by atoms with Gasteiger partial charge in [0.05, 0.1) is 0 Å². The summed E-state index contributed by atoms with van der Waals surface area (Å²) in [5.74, 6) is -0.200. The van der Waals surface area contributed by atoms with Crippen molar-refractivity contribution < 1.29 is 9.50 Å². The van der Waals surface area contributed by atoms with Crippen LogP contribution in [-0.4, -0.2) is 11.7 Å². The molecule has 78 valence electrons. The molecule has 1 N–H and O–H groups in total. The first kappa shape index (κ1) is 11.2. The van der Waals surface area contributed by atoms with E-state index in [-0.39, 0.29) is 17.8 Å². The number of rotatable bonds is 4. The molecule has 0 saturated carbocycles. The molecule has 0 bridgehead atoms. The summed E-state index contributed by atoms with van der Waals surface area (Å²) in [5.41, 5.74) is 1.19. The second-order valence-corrected chi connectivity index (χ2v) is 4.44. The fourth-order valence-corrected chi connectivity index (χ4v) is 1.55. The van der Waals surface area contributed by atoms with Gasteiger partial charge in [0, 0.05) is 6.61 Å². The van der Waals surface area contributed by atoms with E-state index in [2.05, 4.69) is 13.8 Å². The third-order valence-corrected chi connectivity index (χ3v) is 2.38. The predicted octanol–water partition coefficient (Wildman–Crippen LogP) is 2.78. The minimum Gasteiger partial charge on any atom is -0.396 e. The third-order valence-electron chi connectivity index (χ3n) is 2.38. The number of halogens is 1. The van der Waals surface area contributed by atoms with Crippen LogP contribution in [0.15, 0.2) is 24.3 Å². The van der Waals surface area contributed by atoms with Gasteiger partial charge < -0.3 is 5.11 Å². The lowest BCUT2D eigenvalue weighted by Gasteiger charge is -2.23. The average Bonchev–Trinajstić information content (AvgIpc) is 2.08. The van der Waals surface area contributed by atoms with E-state index in [1.54, 1.807) is 12.1 Å². The first-order chi connectivity index (χ1) is 6.53. The van der Waals surface area contributed by atoms with Gasteiger partial charge in [-0.25, -0.2) is 4.39 Å². The van der Waals surface area contributed by atoms with Gasteiger partial charge in [0.2, 0.25) is 0 Å². The highest BCUT2D eigenvalue weighted by atomic mass is 19.1. The lowest BCUT2D eigenvalue weighted by Crippen LogP contribution is -2.16. The molecule has 0 amide bonds. The number of benzene rings is 1. The van der Waals surface area contributed by atoms with Gasteiger partial charge in [0.15, 0.2) is 0 Å². The van der Waals surface area contributed by atoms with Crippen LogP contribution >= 0.6 is 0 Å². The molecular weight excluding hydrogens is 179 g/mol. The Kier molecular flexibility index (Phi) is 3.64. The van der Waals surface area contributed by atoms with Gasteiger partial charge in [0.25, 0.3) is 0 Å². The first-order valence-corrected chi connectivity index (χ1v) is 4.89. The van der Waals surface area contributed by atoms with Crippen molar-refractivity contribution in [2.45, 2.75) is 26.7 Å². The quantitative estimate of drug-likeness (QED) is 0.785. The normalized spacial score (nSPS) is 11.7. The topological polar surface area (TPSA) is 20.2 Å². The van der Waals surface area contributed by atoms with Crippen LogP contribution < -0.4 is 0 Å². The predicted molar refractivity (Wildman–Crippen MR) is 55.6 cm³/mol. The van der Waals surface area contributed by atoms with E-state index in [9.17, 15) is 4.39 Å². The molecule has 0 fully saturated rings. The van der Waals surface area contributed by atoms with E-state index in [1.165, 1.54) is 12.1 Å². The highest BCUT2D eigenvalue weighted by Gasteiger charge is 2.17. The Morgan fingerprint density at radius 1 is 1.21 bits per heavy atom. The molecule has 1 aromatic carbocycles. The zero-order chi connectivity index (χ0) is 10.6. The summed E-state index contributed by atoms with van der Waals surface area (Å²) in [6, 6.07) is 6.55. The highest BCUT2D eigenvalue weighted by molar-refractivity contribution is 5.17. The van der Waals surface area contributed by atoms with E-state index in [4.69, 9.17) is 5.11 Å². The van der Waals surface area contributed by atoms with Gasteiger partial charge in [-0.1, -0.05) is 26.0 Å². The van der Waals surface area contributed by atoms with Crippen LogP contribution in [0.2, 0.25) is 0 Å². The van der Waals surface area contributed by atoms with Crippen LogP contribution in [0.3, 0.4) is 0 Å². The summed E-state index contributed by atoms with van der Waals surface area (Å²) in [6.07, 6.45) is 1.64. The van der Waals surface area contributed by atoms with Crippen molar-refractivity contribution in [2.24, 2.45) is 5.41 Å². The number of hydrogen-bond acceptors (Lipinski definition) is 1. The smallest absolute Gasteiger partial charge is 0.123 e. The Morgan fingerprint density at radius 3 is 2.29 bits per heavy atom. The maximum Gasteiger partial charge on any atom is 0.123 e. The van der Waals surface area contributed by atoms with E-state index >= 15 is 0 Å². The van der Waals surface area contributed by atoms with Crippen molar-refractivity contribution in [2.75, 3.05) is 6.61 Å². The van der Waals surface area contributed by atoms with E-state index in [0.717, 1.165) is 18.4 Å². The third kappa shape index (κ3) is 3.46. The molecule has 0 aliphatic rings. The van der Waals surface area contributed by atoms with Crippen LogP contribution in [-0.2, 0) is 6.42 Å². The van der Waals surface area contributed by atoms with Crippen LogP contribution in [0.5, 0.6) is 0 Å². The maximum atomic E-state index is 12.6. The van der Waals surface area contributed by atoms with Crippen LogP contribution in [0.4, 0.5) is 4.39 Å². The molecule has 1 nitrogen and oxygen atoms in total. The molecule has 2 heteroatoms. The van der Waals surface area contributed by atoms with Crippen molar-refractivity contribution in [3.05, 3.63) is 35.6 Å². The largest absolute Gasteiger partial charge is 0.396 e. The molecule has 0 saturated heterocycles. The van der Waals surface area contributed by atoms with Crippen molar-refractivity contribution in [1.82, 2.24) is 0 Å². The standard InChI is InChI=1S/C12H17FO/c1-12(2,7-8-14)9-10-3-5-11(13)6-4-10/h3-6,14H,7-9H2,1-2H3. The number of aliphatic hydroxyl groups is 1. The Hall–Kier alpha value is -0.890. The van der Waals surface area contributed by atoms with Gasteiger partial charge in [-0.15, -0.1) is 0 Å². The second kappa shape index (κ2) is 4.56. The summed E-state index contributed by atoms with van der Waals surface area (Å²) in [4.78, 5) is 0. The molecule has 0 heterocycles. The van der Waals surface area contributed by atoms with Crippen LogP contribution in [0, 0.1) is 11.2 Å². The molecule has 14 heavy (non-hydrogen) atoms. The van der Waals surface area contributed by atoms with Gasteiger partial charge >= 0.3 is 0 Å². The molecule has 0 atom stereocenters. The summed E-state index contributed by atoms with van der Waals surface area (Å²) in [6.45, 7) is 4.41. The molecule has 1 rings (SSSR count). The summed E-state index contributed by atoms with van der Waals surface area (Å²) in [7, 11) is 0. The first-order valence-electron chi connectivity index (χ1n) is 4.89. The van der Waals surface area contributed by atoms with E-state index in [1.807, 2.05) is 0 Å². The minimum atomic E-state index is -0.200.